The quantitative estimate of drug-likeness (QED) is 0.0654. The van der Waals surface area contributed by atoms with Gasteiger partial charge in [0, 0.05) is 49.4 Å². The summed E-state index contributed by atoms with van der Waals surface area (Å²) in [5.41, 5.74) is 14.8. The van der Waals surface area contributed by atoms with Gasteiger partial charge >= 0.3 is 0 Å². The van der Waals surface area contributed by atoms with Gasteiger partial charge in [-0.05, 0) is 73.0 Å². The number of amides is 5. The molecule has 0 radical (unpaired) electrons. The molecule has 326 valence electrons. The molecule has 5 amide bonds. The fraction of sp³-hybridized carbons (Fsp3) is 0.364. The Hall–Kier alpha value is -7.10. The van der Waals surface area contributed by atoms with Crippen LogP contribution >= 0.6 is 0 Å². The van der Waals surface area contributed by atoms with E-state index >= 15 is 0 Å². The monoisotopic (exact) mass is 848 g/mol. The lowest BCUT2D eigenvalue weighted by atomic mass is 9.93. The van der Waals surface area contributed by atoms with Crippen LogP contribution in [0.4, 0.5) is 0 Å². The zero-order valence-electron chi connectivity index (χ0n) is 35.0. The van der Waals surface area contributed by atoms with Crippen molar-refractivity contribution in [2.24, 2.45) is 11.5 Å². The molecule has 0 aliphatic carbocycles. The van der Waals surface area contributed by atoms with E-state index in [4.69, 9.17) is 30.9 Å². The first-order chi connectivity index (χ1) is 30.0. The Morgan fingerprint density at radius 3 is 2.29 bits per heavy atom. The average Bonchev–Trinajstić information content (AvgIpc) is 3.27. The molecular formula is C44H52N10O8. The van der Waals surface area contributed by atoms with E-state index in [1.807, 2.05) is 30.3 Å². The normalized spacial score (nSPS) is 14.8. The number of carbonyl (C=O) groups excluding carboxylic acids is 5. The van der Waals surface area contributed by atoms with Gasteiger partial charge in [0.25, 0.3) is 5.91 Å². The van der Waals surface area contributed by atoms with Crippen LogP contribution in [0, 0.1) is 18.3 Å². The number of nitrogens with two attached hydrogens (primary N) is 2. The summed E-state index contributed by atoms with van der Waals surface area (Å²) in [6.45, 7) is 3.73. The fourth-order valence-corrected chi connectivity index (χ4v) is 6.57. The topological polar surface area (TPSA) is 266 Å². The molecular weight excluding hydrogens is 797 g/mol. The van der Waals surface area contributed by atoms with E-state index in [0.29, 0.717) is 51.9 Å². The van der Waals surface area contributed by atoms with E-state index in [-0.39, 0.29) is 44.8 Å². The molecule has 8 N–H and O–H groups in total. The van der Waals surface area contributed by atoms with E-state index < -0.39 is 54.7 Å². The largest absolute Gasteiger partial charge is 0.494 e. The number of hydrogen-bond acceptors (Lipinski definition) is 13. The summed E-state index contributed by atoms with van der Waals surface area (Å²) in [6.07, 6.45) is 3.38. The third kappa shape index (κ3) is 12.0. The van der Waals surface area contributed by atoms with Crippen LogP contribution in [0.25, 0.3) is 22.5 Å². The molecule has 0 fully saturated rings. The molecule has 18 heteroatoms. The zero-order valence-corrected chi connectivity index (χ0v) is 35.0. The van der Waals surface area contributed by atoms with Crippen molar-refractivity contribution >= 4 is 29.5 Å². The van der Waals surface area contributed by atoms with E-state index in [9.17, 15) is 24.0 Å². The van der Waals surface area contributed by atoms with Crippen LogP contribution in [0.3, 0.4) is 0 Å². The summed E-state index contributed by atoms with van der Waals surface area (Å²) >= 11 is 0. The van der Waals surface area contributed by atoms with Crippen LogP contribution < -0.4 is 46.9 Å². The van der Waals surface area contributed by atoms with Crippen molar-refractivity contribution in [3.63, 3.8) is 0 Å². The summed E-state index contributed by atoms with van der Waals surface area (Å²) < 4.78 is 17.8. The first-order valence-corrected chi connectivity index (χ1v) is 20.2. The van der Waals surface area contributed by atoms with Crippen LogP contribution in [0.1, 0.15) is 53.0 Å². The lowest BCUT2D eigenvalue weighted by Crippen LogP contribution is -2.52. The number of unbranched alkanes of at least 4 members (excludes halogenated alkanes) is 1. The van der Waals surface area contributed by atoms with E-state index in [1.54, 1.807) is 43.3 Å². The number of likely N-dealkylation sites (N-methyl/N-ethyl adjacent to an activating group) is 1. The first-order valence-electron chi connectivity index (χ1n) is 20.2. The average molecular weight is 849 g/mol. The highest BCUT2D eigenvalue weighted by atomic mass is 16.5. The molecule has 2 atom stereocenters. The molecule has 1 aliphatic rings. The number of benzene rings is 3. The minimum atomic E-state index is -1.34. The Labute approximate surface area is 359 Å². The Bertz CT molecular complexity index is 2280. The predicted octanol–water partition coefficient (Wildman–Crippen LogP) is 1.70. The molecule has 5 rings (SSSR count). The second kappa shape index (κ2) is 22.5. The van der Waals surface area contributed by atoms with Gasteiger partial charge in [0.05, 0.1) is 37.0 Å². The van der Waals surface area contributed by atoms with Crippen LogP contribution in [0.15, 0.2) is 66.9 Å². The number of aryl methyl sites for hydroxylation is 1. The van der Waals surface area contributed by atoms with Crippen LogP contribution in [0.2, 0.25) is 0 Å². The Balaban J connectivity index is 1.44. The second-order valence-electron chi connectivity index (χ2n) is 14.3. The minimum absolute atomic E-state index is 0.0179. The zero-order chi connectivity index (χ0) is 44.6. The molecule has 2 heterocycles. The second-order valence-corrected chi connectivity index (χ2v) is 14.3. The highest BCUT2D eigenvalue weighted by molar-refractivity contribution is 5.98. The van der Waals surface area contributed by atoms with Gasteiger partial charge in [-0.15, -0.1) is 0 Å². The van der Waals surface area contributed by atoms with Crippen molar-refractivity contribution in [1.82, 2.24) is 36.1 Å². The van der Waals surface area contributed by atoms with Crippen molar-refractivity contribution in [2.75, 3.05) is 59.6 Å². The van der Waals surface area contributed by atoms with Crippen molar-refractivity contribution in [1.29, 1.82) is 5.26 Å². The number of aromatic nitrogens is 2. The maximum Gasteiger partial charge on any atom is 0.255 e. The molecule has 1 aromatic heterocycles. The molecule has 62 heavy (non-hydrogen) atoms. The molecule has 18 nitrogen and oxygen atoms in total. The summed E-state index contributed by atoms with van der Waals surface area (Å²) in [5.74, 6) is -1.37. The lowest BCUT2D eigenvalue weighted by molar-refractivity contribution is -0.139. The molecule has 0 saturated heterocycles. The number of rotatable bonds is 17. The van der Waals surface area contributed by atoms with Gasteiger partial charge < -0.3 is 51.8 Å². The highest BCUT2D eigenvalue weighted by Crippen LogP contribution is 2.40. The van der Waals surface area contributed by atoms with Gasteiger partial charge in [0.1, 0.15) is 49.1 Å². The molecule has 0 spiro atoms. The van der Waals surface area contributed by atoms with Crippen molar-refractivity contribution in [2.45, 2.75) is 45.2 Å². The maximum atomic E-state index is 14.1. The minimum Gasteiger partial charge on any atom is -0.494 e. The number of nitriles is 1. The molecule has 2 unspecified atom stereocenters. The highest BCUT2D eigenvalue weighted by Gasteiger charge is 2.32. The summed E-state index contributed by atoms with van der Waals surface area (Å²) in [5, 5.41) is 19.4. The third-order valence-electron chi connectivity index (χ3n) is 9.79. The lowest BCUT2D eigenvalue weighted by Gasteiger charge is -2.29. The van der Waals surface area contributed by atoms with E-state index in [0.717, 1.165) is 29.1 Å². The SMILES string of the molecule is CCCCOc1ccc(-c2ncc(C(=O)NCC(=O)N(C)C3C(=O)NCC(=O)NC(C(=O)NCC#N)Cc4ccc(OCCN)c(c4)-c4cc3ccc4OCCN)c(C)n2)cc1. The fourth-order valence-electron chi connectivity index (χ4n) is 6.57. The van der Waals surface area contributed by atoms with Gasteiger partial charge in [0.15, 0.2) is 5.82 Å². The van der Waals surface area contributed by atoms with E-state index in [1.165, 1.54) is 13.2 Å². The van der Waals surface area contributed by atoms with Crippen molar-refractivity contribution in [3.05, 3.63) is 89.2 Å². The first kappa shape index (κ1) is 46.0. The third-order valence-corrected chi connectivity index (χ3v) is 9.79. The van der Waals surface area contributed by atoms with E-state index in [2.05, 4.69) is 38.2 Å². The molecule has 3 aromatic carbocycles. The smallest absolute Gasteiger partial charge is 0.255 e. The number of nitrogens with zero attached hydrogens (tertiary/aromatic N) is 4. The van der Waals surface area contributed by atoms with Gasteiger partial charge in [-0.3, -0.25) is 24.0 Å². The standard InChI is InChI=1S/C44H52N10O8/c1-4-5-18-60-31-10-7-29(8-11-31)41-49-24-34(27(2)52-41)42(57)51-26-39(56)54(3)40-30-9-13-37(62-20-16-47)33(23-30)32-21-28(6-12-36(32)61-19-15-46)22-35(43(58)48-17-14-45)53-38(55)25-50-44(40)59/h6-13,21,23-24,35,40H,4-5,15-20,22,25-26,46-47H2,1-3H3,(H,48,58)(H,50,59)(H,51,57)(H,53,55). The number of carbonyl (C=O) groups is 5. The Morgan fingerprint density at radius 2 is 1.63 bits per heavy atom. The number of fused-ring (bicyclic) bond motifs is 5. The van der Waals surface area contributed by atoms with Gasteiger partial charge in [-0.2, -0.15) is 5.26 Å². The summed E-state index contributed by atoms with van der Waals surface area (Å²) in [4.78, 5) is 77.9. The summed E-state index contributed by atoms with van der Waals surface area (Å²) in [7, 11) is 1.40. The van der Waals surface area contributed by atoms with Gasteiger partial charge in [-0.1, -0.05) is 25.5 Å². The summed E-state index contributed by atoms with van der Waals surface area (Å²) in [6, 6.07) is 16.8. The molecule has 4 bridgehead atoms. The maximum absolute atomic E-state index is 14.1. The van der Waals surface area contributed by atoms with Crippen LogP contribution in [-0.4, -0.2) is 110 Å². The van der Waals surface area contributed by atoms with Crippen LogP contribution in [-0.2, 0) is 25.6 Å². The van der Waals surface area contributed by atoms with Crippen molar-refractivity contribution in [3.8, 4) is 45.8 Å². The van der Waals surface area contributed by atoms with Crippen LogP contribution in [0.5, 0.6) is 17.2 Å². The molecule has 1 aliphatic heterocycles. The predicted molar refractivity (Wildman–Crippen MR) is 229 cm³/mol. The Morgan fingerprint density at radius 1 is 0.935 bits per heavy atom. The number of ether oxygens (including phenoxy) is 3. The number of nitrogens with one attached hydrogen (secondary N) is 4. The Kier molecular flexibility index (Phi) is 16.7. The van der Waals surface area contributed by atoms with Gasteiger partial charge in [0.2, 0.25) is 23.6 Å². The van der Waals surface area contributed by atoms with Crippen molar-refractivity contribution < 1.29 is 38.2 Å². The van der Waals surface area contributed by atoms with Gasteiger partial charge in [-0.25, -0.2) is 9.97 Å². The number of hydrogen-bond donors (Lipinski definition) is 6. The molecule has 0 saturated carbocycles. The molecule has 4 aromatic rings.